The van der Waals surface area contributed by atoms with Gasteiger partial charge in [0.05, 0.1) is 21.0 Å². The molecule has 4 aromatic rings. The predicted molar refractivity (Wildman–Crippen MR) is 137 cm³/mol. The zero-order valence-electron chi connectivity index (χ0n) is 19.8. The summed E-state index contributed by atoms with van der Waals surface area (Å²) in [5, 5.41) is 23.2. The fourth-order valence-electron chi connectivity index (χ4n) is 5.47. The molecule has 37 heavy (non-hydrogen) atoms. The monoisotopic (exact) mass is 494 g/mol. The third kappa shape index (κ3) is 4.08. The number of nitro groups is 2. The van der Waals surface area contributed by atoms with Crippen molar-refractivity contribution in [3.8, 4) is 34.0 Å². The van der Waals surface area contributed by atoms with Gasteiger partial charge < -0.3 is 4.74 Å². The number of rotatable bonds is 6. The summed E-state index contributed by atoms with van der Waals surface area (Å²) in [5.74, 6) is 0.335. The number of hydrogen-bond acceptors (Lipinski definition) is 7. The van der Waals surface area contributed by atoms with Crippen LogP contribution in [0.4, 0.5) is 11.4 Å². The lowest BCUT2D eigenvalue weighted by molar-refractivity contribution is -0.385. The highest BCUT2D eigenvalue weighted by molar-refractivity contribution is 5.78. The van der Waals surface area contributed by atoms with Crippen LogP contribution < -0.4 is 4.74 Å². The molecular formula is C28H22N4O5. The molecule has 0 atom stereocenters. The van der Waals surface area contributed by atoms with Crippen LogP contribution in [-0.2, 0) is 25.7 Å². The lowest BCUT2D eigenvalue weighted by Gasteiger charge is -2.16. The molecule has 9 nitrogen and oxygen atoms in total. The molecule has 9 heteroatoms. The van der Waals surface area contributed by atoms with Crippen LogP contribution in [0.2, 0.25) is 0 Å². The van der Waals surface area contributed by atoms with E-state index >= 15 is 0 Å². The largest absolute Gasteiger partial charge is 0.419 e. The molecule has 0 N–H and O–H groups in total. The third-order valence-electron chi connectivity index (χ3n) is 7.16. The summed E-state index contributed by atoms with van der Waals surface area (Å²) in [5.41, 5.74) is 7.07. The van der Waals surface area contributed by atoms with E-state index in [1.54, 1.807) is 0 Å². The van der Waals surface area contributed by atoms with Crippen LogP contribution in [0.15, 0.2) is 60.9 Å². The lowest BCUT2D eigenvalue weighted by Crippen LogP contribution is -2.01. The first kappa shape index (κ1) is 22.8. The summed E-state index contributed by atoms with van der Waals surface area (Å²) < 4.78 is 6.27. The quantitative estimate of drug-likeness (QED) is 0.225. The SMILES string of the molecule is O=[N+]([O-])c1cnc(Oc2ncc([N+](=O)[O-])cc2-c2cccc3c2CCC3)c(-c2cccc3c2CCC3)c1. The number of hydrogen-bond donors (Lipinski definition) is 0. The Balaban J connectivity index is 1.52. The highest BCUT2D eigenvalue weighted by Crippen LogP contribution is 2.43. The van der Waals surface area contributed by atoms with Crippen LogP contribution in [0.5, 0.6) is 11.8 Å². The Morgan fingerprint density at radius 2 is 1.11 bits per heavy atom. The second-order valence-corrected chi connectivity index (χ2v) is 9.30. The van der Waals surface area contributed by atoms with Crippen LogP contribution in [0.25, 0.3) is 22.3 Å². The van der Waals surface area contributed by atoms with Crippen LogP contribution in [0.3, 0.4) is 0 Å². The number of pyridine rings is 2. The summed E-state index contributed by atoms with van der Waals surface area (Å²) in [7, 11) is 0. The zero-order valence-corrected chi connectivity index (χ0v) is 19.8. The summed E-state index contributed by atoms with van der Waals surface area (Å²) in [6.07, 6.45) is 7.98. The molecule has 2 heterocycles. The van der Waals surface area contributed by atoms with Gasteiger partial charge in [-0.2, -0.15) is 0 Å². The van der Waals surface area contributed by atoms with Gasteiger partial charge in [-0.3, -0.25) is 20.2 Å². The topological polar surface area (TPSA) is 121 Å². The van der Waals surface area contributed by atoms with Crippen LogP contribution in [0, 0.1) is 20.2 Å². The number of ether oxygens (including phenoxy) is 1. The average Bonchev–Trinajstić information content (AvgIpc) is 3.58. The fourth-order valence-corrected chi connectivity index (χ4v) is 5.47. The smallest absolute Gasteiger partial charge is 0.288 e. The number of nitrogens with zero attached hydrogens (tertiary/aromatic N) is 4. The molecule has 6 rings (SSSR count). The van der Waals surface area contributed by atoms with Crippen molar-refractivity contribution in [1.29, 1.82) is 0 Å². The van der Waals surface area contributed by atoms with E-state index in [1.807, 2.05) is 24.3 Å². The van der Waals surface area contributed by atoms with E-state index in [1.165, 1.54) is 23.3 Å². The molecule has 0 unspecified atom stereocenters. The summed E-state index contributed by atoms with van der Waals surface area (Å²) >= 11 is 0. The van der Waals surface area contributed by atoms with Crippen LogP contribution >= 0.6 is 0 Å². The molecule has 0 aliphatic heterocycles. The lowest BCUT2D eigenvalue weighted by atomic mass is 9.97. The van der Waals surface area contributed by atoms with Crippen molar-refractivity contribution < 1.29 is 14.6 Å². The summed E-state index contributed by atoms with van der Waals surface area (Å²) in [6.45, 7) is 0. The van der Waals surface area contributed by atoms with E-state index in [9.17, 15) is 20.2 Å². The van der Waals surface area contributed by atoms with E-state index < -0.39 is 9.85 Å². The molecule has 0 amide bonds. The van der Waals surface area contributed by atoms with Crippen molar-refractivity contribution in [2.45, 2.75) is 38.5 Å². The van der Waals surface area contributed by atoms with Gasteiger partial charge in [0.15, 0.2) is 0 Å². The van der Waals surface area contributed by atoms with Gasteiger partial charge in [0.1, 0.15) is 12.4 Å². The maximum atomic E-state index is 11.6. The standard InChI is InChI=1S/C28H22N4O5/c33-31(34)19-13-25(23-11-3-7-17-5-1-9-21(17)23)27(29-15-19)37-28-26(14-20(16-30-28)32(35)36)24-12-4-8-18-6-2-10-22(18)24/h3-4,7-8,11-16H,1-2,5-6,9-10H2. The van der Waals surface area contributed by atoms with Crippen molar-refractivity contribution in [2.24, 2.45) is 0 Å². The van der Waals surface area contributed by atoms with E-state index in [-0.39, 0.29) is 23.1 Å². The second-order valence-electron chi connectivity index (χ2n) is 9.30. The predicted octanol–water partition coefficient (Wildman–Crippen LogP) is 6.40. The highest BCUT2D eigenvalue weighted by atomic mass is 16.6. The fraction of sp³-hybridized carbons (Fsp3) is 0.214. The molecular weight excluding hydrogens is 472 g/mol. The molecule has 0 fully saturated rings. The first-order valence-electron chi connectivity index (χ1n) is 12.2. The van der Waals surface area contributed by atoms with Crippen LogP contribution in [-0.4, -0.2) is 19.8 Å². The molecule has 0 saturated carbocycles. The Morgan fingerprint density at radius 3 is 1.54 bits per heavy atom. The normalized spacial score (nSPS) is 13.7. The third-order valence-corrected chi connectivity index (χ3v) is 7.16. The number of benzene rings is 2. The minimum absolute atomic E-state index is 0.143. The maximum Gasteiger partial charge on any atom is 0.288 e. The Morgan fingerprint density at radius 1 is 0.649 bits per heavy atom. The van der Waals surface area contributed by atoms with Crippen molar-refractivity contribution in [2.75, 3.05) is 0 Å². The number of fused-ring (bicyclic) bond motifs is 2. The Labute approximate surface area is 212 Å². The molecule has 2 aliphatic carbocycles. The van der Waals surface area contributed by atoms with E-state index in [0.717, 1.165) is 73.2 Å². The van der Waals surface area contributed by atoms with Gasteiger partial charge in [0.2, 0.25) is 11.8 Å². The van der Waals surface area contributed by atoms with Crippen molar-refractivity contribution in [1.82, 2.24) is 9.97 Å². The maximum absolute atomic E-state index is 11.6. The van der Waals surface area contributed by atoms with Gasteiger partial charge >= 0.3 is 0 Å². The molecule has 0 saturated heterocycles. The highest BCUT2D eigenvalue weighted by Gasteiger charge is 2.25. The minimum atomic E-state index is -0.480. The minimum Gasteiger partial charge on any atom is -0.419 e. The Kier molecular flexibility index (Phi) is 5.60. The van der Waals surface area contributed by atoms with Crippen LogP contribution in [0.1, 0.15) is 35.1 Å². The van der Waals surface area contributed by atoms with E-state index in [0.29, 0.717) is 11.1 Å². The van der Waals surface area contributed by atoms with Crippen molar-refractivity contribution in [3.63, 3.8) is 0 Å². The first-order chi connectivity index (χ1) is 18.0. The van der Waals surface area contributed by atoms with Gasteiger partial charge in [0.25, 0.3) is 11.4 Å². The molecule has 184 valence electrons. The van der Waals surface area contributed by atoms with Gasteiger partial charge in [-0.25, -0.2) is 9.97 Å². The van der Waals surface area contributed by atoms with Crippen molar-refractivity contribution >= 4 is 11.4 Å². The molecule has 0 spiro atoms. The summed E-state index contributed by atoms with van der Waals surface area (Å²) in [6, 6.07) is 14.8. The molecule has 2 aromatic carbocycles. The van der Waals surface area contributed by atoms with Gasteiger partial charge in [-0.1, -0.05) is 36.4 Å². The second kappa shape index (κ2) is 9.09. The summed E-state index contributed by atoms with van der Waals surface area (Å²) in [4.78, 5) is 30.9. The van der Waals surface area contributed by atoms with Gasteiger partial charge in [-0.05, 0) is 71.9 Å². The van der Waals surface area contributed by atoms with Crippen molar-refractivity contribution in [3.05, 3.63) is 103 Å². The Hall–Kier alpha value is -4.66. The molecule has 0 bridgehead atoms. The first-order valence-corrected chi connectivity index (χ1v) is 12.2. The average molecular weight is 495 g/mol. The zero-order chi connectivity index (χ0) is 25.5. The van der Waals surface area contributed by atoms with E-state index in [4.69, 9.17) is 4.74 Å². The number of aryl methyl sites for hydroxylation is 2. The molecule has 2 aliphatic rings. The van der Waals surface area contributed by atoms with E-state index in [2.05, 4.69) is 22.1 Å². The number of aromatic nitrogens is 2. The Bertz CT molecular complexity index is 1470. The molecule has 0 radical (unpaired) electrons. The van der Waals surface area contributed by atoms with Gasteiger partial charge in [0, 0.05) is 12.1 Å². The molecule has 2 aromatic heterocycles. The van der Waals surface area contributed by atoms with Gasteiger partial charge in [-0.15, -0.1) is 0 Å².